The fourth-order valence-electron chi connectivity index (χ4n) is 4.14. The van der Waals surface area contributed by atoms with E-state index in [1.54, 1.807) is 32.3 Å². The van der Waals surface area contributed by atoms with Crippen molar-refractivity contribution in [1.82, 2.24) is 4.90 Å². The van der Waals surface area contributed by atoms with Crippen LogP contribution in [-0.4, -0.2) is 49.3 Å². The molecule has 1 unspecified atom stereocenters. The van der Waals surface area contributed by atoms with Crippen molar-refractivity contribution in [1.29, 1.82) is 0 Å². The van der Waals surface area contributed by atoms with Crippen molar-refractivity contribution < 1.29 is 14.6 Å². The molecule has 0 radical (unpaired) electrons. The van der Waals surface area contributed by atoms with Gasteiger partial charge in [0.05, 0.1) is 6.61 Å². The number of ketones is 1. The van der Waals surface area contributed by atoms with E-state index in [9.17, 15) is 9.90 Å². The van der Waals surface area contributed by atoms with E-state index in [-0.39, 0.29) is 11.5 Å². The van der Waals surface area contributed by atoms with Gasteiger partial charge in [-0.1, -0.05) is 58.3 Å². The van der Waals surface area contributed by atoms with Gasteiger partial charge in [-0.3, -0.25) is 9.69 Å². The number of hydrogen-bond donors (Lipinski definition) is 1. The summed E-state index contributed by atoms with van der Waals surface area (Å²) < 4.78 is 5.31. The molecule has 0 aromatic heterocycles. The lowest BCUT2D eigenvalue weighted by Gasteiger charge is -2.25. The first-order valence-corrected chi connectivity index (χ1v) is 14.2. The van der Waals surface area contributed by atoms with Crippen molar-refractivity contribution >= 4 is 42.9 Å². The lowest BCUT2D eigenvalue weighted by Crippen LogP contribution is -2.28. The van der Waals surface area contributed by atoms with Crippen LogP contribution in [0.1, 0.15) is 48.9 Å². The summed E-state index contributed by atoms with van der Waals surface area (Å²) in [5.74, 6) is 0.200. The highest BCUT2D eigenvalue weighted by Crippen LogP contribution is 2.34. The third-order valence-electron chi connectivity index (χ3n) is 6.16. The van der Waals surface area contributed by atoms with Crippen LogP contribution >= 0.6 is 20.2 Å². The van der Waals surface area contributed by atoms with Gasteiger partial charge >= 0.3 is 0 Å². The minimum absolute atomic E-state index is 0.0554. The lowest BCUT2D eigenvalue weighted by atomic mass is 9.89. The fourth-order valence-corrected chi connectivity index (χ4v) is 5.01. The number of nitrogens with zero attached hydrogens (tertiary/aromatic N) is 1. The zero-order valence-corrected chi connectivity index (χ0v) is 23.9. The number of aromatic hydroxyl groups is 1. The Labute approximate surface area is 223 Å². The summed E-state index contributed by atoms with van der Waals surface area (Å²) >= 11 is 6.30. The average Bonchev–Trinajstić information content (AvgIpc) is 2.85. The monoisotopic (exact) mass is 527 g/mol. The molecule has 194 valence electrons. The van der Waals surface area contributed by atoms with Crippen LogP contribution in [0.5, 0.6) is 5.75 Å². The van der Waals surface area contributed by atoms with Crippen LogP contribution in [0, 0.1) is 6.92 Å². The Morgan fingerprint density at radius 2 is 2.00 bits per heavy atom. The van der Waals surface area contributed by atoms with Crippen LogP contribution in [-0.2, 0) is 16.1 Å². The van der Waals surface area contributed by atoms with Gasteiger partial charge in [0, 0.05) is 30.8 Å². The van der Waals surface area contributed by atoms with Crippen molar-refractivity contribution in [2.24, 2.45) is 0 Å². The van der Waals surface area contributed by atoms with E-state index in [0.29, 0.717) is 26.8 Å². The largest absolute Gasteiger partial charge is 0.508 e. The SMILES string of the molecule is C=CC(=C\c1cc(Cl)ccc1PC)/C(=C/C(C)=O)c1ccc(O)c(CN(CCCC)CCOC)c1C. The number of phenols is 1. The molecule has 2 aromatic rings. The maximum Gasteiger partial charge on any atom is 0.153 e. The molecule has 0 aliphatic rings. The molecule has 1 N–H and O–H groups in total. The van der Waals surface area contributed by atoms with Crippen LogP contribution in [0.4, 0.5) is 0 Å². The molecule has 36 heavy (non-hydrogen) atoms. The molecule has 0 saturated carbocycles. The number of hydrogen-bond acceptors (Lipinski definition) is 4. The summed E-state index contributed by atoms with van der Waals surface area (Å²) in [6.45, 7) is 14.8. The molecule has 0 saturated heterocycles. The number of ether oxygens (including phenoxy) is 1. The maximum atomic E-state index is 12.3. The predicted octanol–water partition coefficient (Wildman–Crippen LogP) is 6.78. The van der Waals surface area contributed by atoms with Gasteiger partial charge < -0.3 is 9.84 Å². The highest BCUT2D eigenvalue weighted by molar-refractivity contribution is 7.46. The number of benzene rings is 2. The van der Waals surface area contributed by atoms with E-state index in [1.807, 2.05) is 37.3 Å². The summed E-state index contributed by atoms with van der Waals surface area (Å²) in [6.07, 6.45) is 7.63. The zero-order valence-electron chi connectivity index (χ0n) is 22.2. The van der Waals surface area contributed by atoms with E-state index in [2.05, 4.69) is 25.1 Å². The number of allylic oxidation sites excluding steroid dienone is 4. The van der Waals surface area contributed by atoms with Gasteiger partial charge in [0.1, 0.15) is 5.75 Å². The first-order chi connectivity index (χ1) is 17.2. The maximum absolute atomic E-state index is 12.3. The first kappa shape index (κ1) is 30.0. The standard InChI is InChI=1S/C30H39ClNO3P/c1-7-9-14-32(15-16-35-5)20-28-22(4)26(11-12-29(28)34)27(17-21(3)33)23(8-2)18-24-19-25(31)10-13-30(24)36-6/h8,10-13,17-19,34,36H,2,7,9,14-16,20H2,1,3-6H3/b23-18+,27-17-. The number of phenolic OH excluding ortho intramolecular Hbond substituents is 1. The van der Waals surface area contributed by atoms with Gasteiger partial charge in [-0.25, -0.2) is 0 Å². The third-order valence-corrected chi connectivity index (χ3v) is 7.39. The summed E-state index contributed by atoms with van der Waals surface area (Å²) in [4.78, 5) is 14.6. The number of unbranched alkanes of at least 4 members (excludes halogenated alkanes) is 1. The summed E-state index contributed by atoms with van der Waals surface area (Å²) in [5.41, 5.74) is 5.31. The number of carbonyl (C=O) groups is 1. The highest BCUT2D eigenvalue weighted by Gasteiger charge is 2.18. The number of rotatable bonds is 14. The molecule has 0 bridgehead atoms. The summed E-state index contributed by atoms with van der Waals surface area (Å²) in [5, 5.41) is 12.7. The second-order valence-electron chi connectivity index (χ2n) is 8.81. The van der Waals surface area contributed by atoms with E-state index in [4.69, 9.17) is 16.3 Å². The predicted molar refractivity (Wildman–Crippen MR) is 157 cm³/mol. The molecule has 0 fully saturated rings. The molecule has 1 atom stereocenters. The molecular weight excluding hydrogens is 489 g/mol. The smallest absolute Gasteiger partial charge is 0.153 e. The Balaban J connectivity index is 2.62. The van der Waals surface area contributed by atoms with Gasteiger partial charge in [-0.05, 0) is 97.0 Å². The lowest BCUT2D eigenvalue weighted by molar-refractivity contribution is -0.112. The Kier molecular flexibility index (Phi) is 12.6. The van der Waals surface area contributed by atoms with Gasteiger partial charge in [0.25, 0.3) is 0 Å². The van der Waals surface area contributed by atoms with Gasteiger partial charge in [-0.2, -0.15) is 0 Å². The zero-order chi connectivity index (χ0) is 26.7. The van der Waals surface area contributed by atoms with Crippen LogP contribution in [0.3, 0.4) is 0 Å². The Morgan fingerprint density at radius 3 is 2.61 bits per heavy atom. The van der Waals surface area contributed by atoms with Crippen LogP contribution in [0.15, 0.2) is 54.6 Å². The molecule has 0 spiro atoms. The minimum atomic E-state index is -0.0554. The van der Waals surface area contributed by atoms with E-state index in [1.165, 1.54) is 5.30 Å². The molecule has 4 nitrogen and oxygen atoms in total. The van der Waals surface area contributed by atoms with Crippen molar-refractivity contribution in [2.45, 2.75) is 40.2 Å². The average molecular weight is 528 g/mol. The third kappa shape index (κ3) is 8.42. The van der Waals surface area contributed by atoms with Crippen molar-refractivity contribution in [2.75, 3.05) is 33.5 Å². The molecule has 0 heterocycles. The van der Waals surface area contributed by atoms with E-state index in [0.717, 1.165) is 59.3 Å². The first-order valence-electron chi connectivity index (χ1n) is 12.3. The quantitative estimate of drug-likeness (QED) is 0.167. The second-order valence-corrected chi connectivity index (χ2v) is 10.3. The van der Waals surface area contributed by atoms with E-state index >= 15 is 0 Å². The molecule has 2 rings (SSSR count). The fraction of sp³-hybridized carbons (Fsp3) is 0.367. The molecule has 2 aromatic carbocycles. The molecule has 0 aliphatic heterocycles. The van der Waals surface area contributed by atoms with E-state index < -0.39 is 0 Å². The van der Waals surface area contributed by atoms with Gasteiger partial charge in [-0.15, -0.1) is 0 Å². The summed E-state index contributed by atoms with van der Waals surface area (Å²) in [6, 6.07) is 9.48. The normalized spacial score (nSPS) is 12.6. The molecule has 0 aliphatic carbocycles. The topological polar surface area (TPSA) is 49.8 Å². The second kappa shape index (κ2) is 15.1. The van der Waals surface area contributed by atoms with Crippen LogP contribution in [0.2, 0.25) is 5.02 Å². The van der Waals surface area contributed by atoms with Crippen molar-refractivity contribution in [3.8, 4) is 5.75 Å². The number of carbonyl (C=O) groups excluding carboxylic acids is 1. The number of halogens is 1. The molecular formula is C30H39ClNO3P. The van der Waals surface area contributed by atoms with Crippen molar-refractivity contribution in [3.63, 3.8) is 0 Å². The molecule has 0 amide bonds. The Hall–Kier alpha value is -2.23. The summed E-state index contributed by atoms with van der Waals surface area (Å²) in [7, 11) is 2.30. The highest BCUT2D eigenvalue weighted by atomic mass is 35.5. The van der Waals surface area contributed by atoms with Crippen LogP contribution < -0.4 is 5.30 Å². The minimum Gasteiger partial charge on any atom is -0.508 e. The van der Waals surface area contributed by atoms with Gasteiger partial charge in [0.2, 0.25) is 0 Å². The Morgan fingerprint density at radius 1 is 1.25 bits per heavy atom. The Bertz CT molecular complexity index is 1120. The van der Waals surface area contributed by atoms with Crippen molar-refractivity contribution in [3.05, 3.63) is 81.9 Å². The molecule has 6 heteroatoms. The van der Waals surface area contributed by atoms with Crippen LogP contribution in [0.25, 0.3) is 11.6 Å². The van der Waals surface area contributed by atoms with Gasteiger partial charge in [0.15, 0.2) is 5.78 Å². The number of methoxy groups -OCH3 is 1.